The maximum absolute atomic E-state index is 14.8. The highest BCUT2D eigenvalue weighted by Gasteiger charge is 2.70. The molecule has 0 saturated heterocycles. The van der Waals surface area contributed by atoms with Gasteiger partial charge in [-0.1, -0.05) is 80.4 Å². The van der Waals surface area contributed by atoms with E-state index in [-0.39, 0.29) is 33.5 Å². The number of fused-ring (bicyclic) bond motifs is 3. The summed E-state index contributed by atoms with van der Waals surface area (Å²) in [7, 11) is 0. The molecule has 3 saturated carbocycles. The van der Waals surface area contributed by atoms with Crippen LogP contribution in [0.25, 0.3) is 0 Å². The van der Waals surface area contributed by atoms with Crippen LogP contribution < -0.4 is 5.73 Å². The monoisotopic (exact) mass is 607 g/mol. The zero-order valence-corrected chi connectivity index (χ0v) is 30.5. The summed E-state index contributed by atoms with van der Waals surface area (Å²) in [6.07, 6.45) is 12.6. The lowest BCUT2D eigenvalue weighted by molar-refractivity contribution is -0.187. The van der Waals surface area contributed by atoms with Gasteiger partial charge in [-0.3, -0.25) is 4.79 Å². The van der Waals surface area contributed by atoms with Gasteiger partial charge in [-0.15, -0.1) is 0 Å². The molecule has 10 atom stereocenters. The topological polar surface area (TPSA) is 61.5 Å². The average Bonchev–Trinajstić information content (AvgIpc) is 2.93. The molecule has 2 N–H and O–H groups in total. The molecule has 3 fully saturated rings. The van der Waals surface area contributed by atoms with Gasteiger partial charge >= 0.3 is 0 Å². The molecular weight excluding hydrogens is 542 g/mol. The van der Waals surface area contributed by atoms with Crippen LogP contribution in [-0.2, 0) is 14.3 Å². The molecule has 4 heteroatoms. The van der Waals surface area contributed by atoms with E-state index in [2.05, 4.69) is 102 Å². The highest BCUT2D eigenvalue weighted by atomic mass is 16.5. The normalized spacial score (nSPS) is 43.6. The van der Waals surface area contributed by atoms with Crippen molar-refractivity contribution in [2.45, 2.75) is 146 Å². The number of ketones is 1. The lowest BCUT2D eigenvalue weighted by Crippen LogP contribution is -2.66. The van der Waals surface area contributed by atoms with E-state index in [1.54, 1.807) is 0 Å². The van der Waals surface area contributed by atoms with E-state index in [1.165, 1.54) is 23.1 Å². The van der Waals surface area contributed by atoms with Crippen LogP contribution >= 0.6 is 0 Å². The van der Waals surface area contributed by atoms with Crippen molar-refractivity contribution in [2.24, 2.45) is 62.9 Å². The van der Waals surface area contributed by atoms with E-state index in [0.717, 1.165) is 32.1 Å². The molecule has 248 valence electrons. The Balaban J connectivity index is 1.56. The first-order valence-corrected chi connectivity index (χ1v) is 17.9. The molecule has 0 aromatic rings. The molecular formula is C40H65NO3. The summed E-state index contributed by atoms with van der Waals surface area (Å²) in [4.78, 5) is 14.8. The molecule has 1 heterocycles. The van der Waals surface area contributed by atoms with E-state index in [0.29, 0.717) is 47.9 Å². The summed E-state index contributed by atoms with van der Waals surface area (Å²) >= 11 is 0. The van der Waals surface area contributed by atoms with Crippen molar-refractivity contribution in [1.82, 2.24) is 0 Å². The average molecular weight is 608 g/mol. The fourth-order valence-electron chi connectivity index (χ4n) is 10.8. The van der Waals surface area contributed by atoms with Crippen molar-refractivity contribution in [2.75, 3.05) is 6.61 Å². The number of rotatable bonds is 8. The van der Waals surface area contributed by atoms with Crippen molar-refractivity contribution in [3.05, 3.63) is 35.1 Å². The molecule has 0 radical (unpaired) electrons. The van der Waals surface area contributed by atoms with Crippen LogP contribution in [0, 0.1) is 57.2 Å². The van der Waals surface area contributed by atoms with Gasteiger partial charge in [-0.05, 0) is 117 Å². The van der Waals surface area contributed by atoms with Crippen LogP contribution in [0.2, 0.25) is 0 Å². The number of ether oxygens (including phenoxy) is 2. The lowest BCUT2D eigenvalue weighted by Gasteiger charge is -2.68. The van der Waals surface area contributed by atoms with Crippen molar-refractivity contribution in [3.8, 4) is 0 Å². The van der Waals surface area contributed by atoms with E-state index in [9.17, 15) is 4.79 Å². The third-order valence-electron chi connectivity index (χ3n) is 15.1. The maximum Gasteiger partial charge on any atom is 0.166 e. The van der Waals surface area contributed by atoms with Crippen LogP contribution in [0.5, 0.6) is 0 Å². The molecule has 5 aliphatic rings. The minimum Gasteiger partial charge on any atom is -0.495 e. The minimum absolute atomic E-state index is 0.00340. The second kappa shape index (κ2) is 10.8. The molecule has 1 aliphatic heterocycles. The maximum atomic E-state index is 14.8. The Morgan fingerprint density at radius 2 is 1.73 bits per heavy atom. The van der Waals surface area contributed by atoms with Crippen molar-refractivity contribution in [1.29, 1.82) is 0 Å². The Morgan fingerprint density at radius 3 is 2.30 bits per heavy atom. The van der Waals surface area contributed by atoms with Gasteiger partial charge in [0.05, 0.1) is 24.4 Å². The van der Waals surface area contributed by atoms with Crippen LogP contribution in [0.3, 0.4) is 0 Å². The first-order valence-electron chi connectivity index (χ1n) is 17.9. The standard InChI is InChI=1S/C40H65NO3/c1-24(2)28(9)40-17-16-36(11)30-14-15-32(35(10)21-29(25(3)4)34(35)43-23-37(12,41)26(5)6)38(13,27(7)8)31(30)20-33(42)39(36,22-40)18-19-44-40/h18-20,24,26-28,30,32,34H,14-17,21-23,41H2,1-13H3/t28-,30?,32?,34?,35+,36?,37?,38?,39-,40-/m1/s1. The molecule has 4 aliphatic carbocycles. The van der Waals surface area contributed by atoms with Crippen molar-refractivity contribution < 1.29 is 14.3 Å². The number of hydrogen-bond donors (Lipinski definition) is 1. The number of nitrogens with two attached hydrogens (primary N) is 1. The van der Waals surface area contributed by atoms with E-state index >= 15 is 0 Å². The van der Waals surface area contributed by atoms with Gasteiger partial charge in [-0.2, -0.15) is 0 Å². The van der Waals surface area contributed by atoms with Crippen molar-refractivity contribution >= 4 is 5.78 Å². The third-order valence-corrected chi connectivity index (χ3v) is 15.1. The molecule has 4 nitrogen and oxygen atoms in total. The summed E-state index contributed by atoms with van der Waals surface area (Å²) in [5.74, 6) is 2.80. The van der Waals surface area contributed by atoms with Crippen LogP contribution in [0.1, 0.15) is 129 Å². The summed E-state index contributed by atoms with van der Waals surface area (Å²) in [6.45, 7) is 30.7. The quantitative estimate of drug-likeness (QED) is 0.279. The third kappa shape index (κ3) is 4.53. The second-order valence-corrected chi connectivity index (χ2v) is 18.2. The Bertz CT molecular complexity index is 1250. The first-order chi connectivity index (χ1) is 20.2. The SMILES string of the molecule is CC(C)=C1C[C@@](C)(C2CCC3C(=CC(=O)[C@]45C=CO[C@]([C@H](C)C(C)C)(CCC34C)C5)C2(C)C(C)C)C1OCC(C)(N)C(C)C. The molecule has 0 aromatic heterocycles. The Labute approximate surface area is 270 Å². The highest BCUT2D eigenvalue weighted by Crippen LogP contribution is 2.73. The summed E-state index contributed by atoms with van der Waals surface area (Å²) in [5, 5.41) is 0. The zero-order valence-electron chi connectivity index (χ0n) is 30.5. The smallest absolute Gasteiger partial charge is 0.166 e. The molecule has 0 aromatic carbocycles. The van der Waals surface area contributed by atoms with Gasteiger partial charge < -0.3 is 15.2 Å². The van der Waals surface area contributed by atoms with Gasteiger partial charge in [-0.25, -0.2) is 0 Å². The number of carbonyl (C=O) groups is 1. The van der Waals surface area contributed by atoms with E-state index in [4.69, 9.17) is 15.2 Å². The van der Waals surface area contributed by atoms with Gasteiger partial charge in [0.1, 0.15) is 5.60 Å². The Hall–Kier alpha value is -1.39. The molecule has 1 spiro atoms. The molecule has 6 unspecified atom stereocenters. The van der Waals surface area contributed by atoms with E-state index < -0.39 is 5.41 Å². The number of hydrogen-bond acceptors (Lipinski definition) is 4. The summed E-state index contributed by atoms with van der Waals surface area (Å²) in [5.41, 5.74) is 9.71. The van der Waals surface area contributed by atoms with Crippen LogP contribution in [-0.4, -0.2) is 29.6 Å². The van der Waals surface area contributed by atoms with Gasteiger partial charge in [0.15, 0.2) is 5.78 Å². The first kappa shape index (κ1) is 34.0. The van der Waals surface area contributed by atoms with Crippen LogP contribution in [0.15, 0.2) is 35.1 Å². The largest absolute Gasteiger partial charge is 0.495 e. The fraction of sp³-hybridized carbons (Fsp3) is 0.825. The van der Waals surface area contributed by atoms with Gasteiger partial charge in [0, 0.05) is 17.4 Å². The Kier molecular flexibility index (Phi) is 8.36. The molecule has 5 rings (SSSR count). The zero-order chi connectivity index (χ0) is 32.8. The molecule has 44 heavy (non-hydrogen) atoms. The molecule has 2 bridgehead atoms. The molecule has 0 amide bonds. The van der Waals surface area contributed by atoms with E-state index in [1.807, 2.05) is 6.26 Å². The fourth-order valence-corrected chi connectivity index (χ4v) is 10.8. The minimum atomic E-state index is -0.477. The predicted octanol–water partition coefficient (Wildman–Crippen LogP) is 9.44. The highest BCUT2D eigenvalue weighted by molar-refractivity contribution is 5.99. The second-order valence-electron chi connectivity index (χ2n) is 18.2. The summed E-state index contributed by atoms with van der Waals surface area (Å²) < 4.78 is 13.4. The predicted molar refractivity (Wildman–Crippen MR) is 182 cm³/mol. The number of carbonyl (C=O) groups excluding carboxylic acids is 1. The van der Waals surface area contributed by atoms with Crippen LogP contribution in [0.4, 0.5) is 0 Å². The van der Waals surface area contributed by atoms with Crippen molar-refractivity contribution in [3.63, 3.8) is 0 Å². The van der Waals surface area contributed by atoms with Gasteiger partial charge in [0.2, 0.25) is 0 Å². The lowest BCUT2D eigenvalue weighted by atomic mass is 9.36. The number of allylic oxidation sites excluding steroid dienone is 4. The Morgan fingerprint density at radius 1 is 1.07 bits per heavy atom. The summed E-state index contributed by atoms with van der Waals surface area (Å²) in [6, 6.07) is 0. The van der Waals surface area contributed by atoms with Gasteiger partial charge in [0.25, 0.3) is 0 Å².